The number of nitro groups is 1. The maximum absolute atomic E-state index is 10.4. The molecule has 86 valence electrons. The second-order valence-corrected chi connectivity index (χ2v) is 3.41. The van der Waals surface area contributed by atoms with Gasteiger partial charge in [-0.15, -0.1) is 0 Å². The van der Waals surface area contributed by atoms with Crippen LogP contribution in [-0.4, -0.2) is 21.7 Å². The largest absolute Gasteiger partial charge is 0.507 e. The van der Waals surface area contributed by atoms with Crippen LogP contribution in [0, 0.1) is 10.1 Å². The van der Waals surface area contributed by atoms with Gasteiger partial charge >= 0.3 is 6.16 Å². The number of halogens is 1. The van der Waals surface area contributed by atoms with Crippen LogP contribution in [0.1, 0.15) is 5.56 Å². The Morgan fingerprint density at radius 2 is 2.06 bits per heavy atom. The molecule has 0 heterocycles. The molecule has 0 radical (unpaired) electrons. The first kappa shape index (κ1) is 12.3. The van der Waals surface area contributed by atoms with Crippen LogP contribution in [0.4, 0.5) is 10.5 Å². The molecule has 0 bridgehead atoms. The zero-order valence-corrected chi connectivity index (χ0v) is 8.76. The summed E-state index contributed by atoms with van der Waals surface area (Å²) >= 11 is 5.58. The Labute approximate surface area is 95.6 Å². The van der Waals surface area contributed by atoms with Gasteiger partial charge in [0, 0.05) is 18.6 Å². The zero-order chi connectivity index (χ0) is 12.1. The van der Waals surface area contributed by atoms with Crippen molar-refractivity contribution >= 4 is 23.4 Å². The van der Waals surface area contributed by atoms with Gasteiger partial charge in [-0.2, -0.15) is 0 Å². The van der Waals surface area contributed by atoms with E-state index in [4.69, 9.17) is 16.7 Å². The molecule has 1 N–H and O–H groups in total. The second kappa shape index (κ2) is 5.32. The van der Waals surface area contributed by atoms with Crippen LogP contribution in [0.2, 0.25) is 0 Å². The van der Waals surface area contributed by atoms with Crippen LogP contribution in [-0.2, 0) is 11.2 Å². The number of carbonyl (C=O) groups is 1. The lowest BCUT2D eigenvalue weighted by Gasteiger charge is -2.07. The average Bonchev–Trinajstić information content (AvgIpc) is 2.16. The van der Waals surface area contributed by atoms with E-state index in [-0.39, 0.29) is 12.1 Å². The number of nitro benzene ring substituents is 1. The van der Waals surface area contributed by atoms with Crippen LogP contribution in [0.25, 0.3) is 0 Å². The highest BCUT2D eigenvalue weighted by atomic mass is 35.5. The van der Waals surface area contributed by atoms with Gasteiger partial charge in [-0.3, -0.25) is 10.1 Å². The molecule has 0 saturated carbocycles. The molecular formula is C9H8ClNO5. The summed E-state index contributed by atoms with van der Waals surface area (Å²) in [4.78, 5) is 20.0. The maximum Gasteiger partial charge on any atom is 0.507 e. The molecule has 1 rings (SSSR count). The quantitative estimate of drug-likeness (QED) is 0.381. The zero-order valence-electron chi connectivity index (χ0n) is 8.00. The van der Waals surface area contributed by atoms with Crippen molar-refractivity contribution in [2.24, 2.45) is 0 Å². The summed E-state index contributed by atoms with van der Waals surface area (Å²) in [5.41, 5.74) is -0.375. The lowest BCUT2D eigenvalue weighted by atomic mass is 10.1. The fourth-order valence-corrected chi connectivity index (χ4v) is 1.34. The molecule has 0 aliphatic rings. The van der Waals surface area contributed by atoms with Crippen molar-refractivity contribution in [3.63, 3.8) is 0 Å². The van der Waals surface area contributed by atoms with Crippen molar-refractivity contribution in [2.75, 3.05) is 0 Å². The monoisotopic (exact) mass is 245 g/mol. The van der Waals surface area contributed by atoms with Gasteiger partial charge in [-0.05, 0) is 5.56 Å². The third-order valence-corrected chi connectivity index (χ3v) is 2.02. The summed E-state index contributed by atoms with van der Waals surface area (Å²) in [6, 6.07) is 5.64. The van der Waals surface area contributed by atoms with Crippen molar-refractivity contribution in [3.8, 4) is 0 Å². The minimum Gasteiger partial charge on any atom is -0.450 e. The first-order valence-electron chi connectivity index (χ1n) is 4.26. The van der Waals surface area contributed by atoms with Crippen molar-refractivity contribution in [2.45, 2.75) is 12.0 Å². The van der Waals surface area contributed by atoms with Crippen LogP contribution < -0.4 is 0 Å². The average molecular weight is 246 g/mol. The highest BCUT2D eigenvalue weighted by Crippen LogP contribution is 2.15. The lowest BCUT2D eigenvalue weighted by molar-refractivity contribution is -0.384. The predicted octanol–water partition coefficient (Wildman–Crippen LogP) is 2.40. The molecule has 7 heteroatoms. The summed E-state index contributed by atoms with van der Waals surface area (Å²) in [6.07, 6.45) is -1.30. The molecular weight excluding hydrogens is 238 g/mol. The Morgan fingerprint density at radius 3 is 2.50 bits per heavy atom. The minimum atomic E-state index is -1.46. The number of benzene rings is 1. The number of ether oxygens (including phenoxy) is 1. The second-order valence-electron chi connectivity index (χ2n) is 2.92. The van der Waals surface area contributed by atoms with Crippen LogP contribution in [0.5, 0.6) is 0 Å². The molecule has 0 spiro atoms. The topological polar surface area (TPSA) is 89.7 Å². The highest BCUT2D eigenvalue weighted by molar-refractivity contribution is 6.20. The molecule has 0 amide bonds. The highest BCUT2D eigenvalue weighted by Gasteiger charge is 2.11. The Balaban J connectivity index is 2.61. The summed E-state index contributed by atoms with van der Waals surface area (Å²) in [6.45, 7) is 0. The van der Waals surface area contributed by atoms with E-state index in [1.807, 2.05) is 0 Å². The van der Waals surface area contributed by atoms with E-state index < -0.39 is 16.6 Å². The molecule has 0 aliphatic carbocycles. The Hall–Kier alpha value is -1.82. The molecule has 0 saturated heterocycles. The molecule has 1 aromatic rings. The van der Waals surface area contributed by atoms with Crippen molar-refractivity contribution in [1.82, 2.24) is 0 Å². The van der Waals surface area contributed by atoms with Gasteiger partial charge in [0.2, 0.25) is 0 Å². The van der Waals surface area contributed by atoms with Gasteiger partial charge in [0.15, 0.2) is 5.56 Å². The van der Waals surface area contributed by atoms with Crippen molar-refractivity contribution in [1.29, 1.82) is 0 Å². The summed E-state index contributed by atoms with van der Waals surface area (Å²) in [7, 11) is 0. The van der Waals surface area contributed by atoms with Gasteiger partial charge in [-0.1, -0.05) is 23.7 Å². The Bertz CT molecular complexity index is 391. The third kappa shape index (κ3) is 3.74. The van der Waals surface area contributed by atoms with E-state index in [0.29, 0.717) is 5.56 Å². The fraction of sp³-hybridized carbons (Fsp3) is 0.222. The van der Waals surface area contributed by atoms with E-state index in [2.05, 4.69) is 4.74 Å². The Morgan fingerprint density at radius 1 is 1.50 bits per heavy atom. The fourth-order valence-electron chi connectivity index (χ4n) is 1.09. The minimum absolute atomic E-state index is 0.0333. The standard InChI is InChI=1S/C9H8ClNO5/c10-8(16-9(12)13)5-6-1-3-7(4-2-6)11(14)15/h1-4,8H,5H2,(H,12,13). The molecule has 1 unspecified atom stereocenters. The summed E-state index contributed by atoms with van der Waals surface area (Å²) < 4.78 is 4.28. The molecule has 0 fully saturated rings. The van der Waals surface area contributed by atoms with E-state index in [1.54, 1.807) is 0 Å². The predicted molar refractivity (Wildman–Crippen MR) is 55.6 cm³/mol. The molecule has 1 aromatic carbocycles. The van der Waals surface area contributed by atoms with Gasteiger partial charge in [0.05, 0.1) is 4.92 Å². The molecule has 0 aliphatic heterocycles. The smallest absolute Gasteiger partial charge is 0.450 e. The van der Waals surface area contributed by atoms with Gasteiger partial charge in [-0.25, -0.2) is 4.79 Å². The van der Waals surface area contributed by atoms with Crippen LogP contribution in [0.15, 0.2) is 24.3 Å². The van der Waals surface area contributed by atoms with E-state index in [9.17, 15) is 14.9 Å². The third-order valence-electron chi connectivity index (χ3n) is 1.77. The molecule has 0 aromatic heterocycles. The first-order valence-corrected chi connectivity index (χ1v) is 4.69. The number of rotatable bonds is 4. The normalized spacial score (nSPS) is 11.8. The molecule has 1 atom stereocenters. The number of alkyl halides is 1. The number of nitrogens with zero attached hydrogens (tertiary/aromatic N) is 1. The van der Waals surface area contributed by atoms with Gasteiger partial charge < -0.3 is 9.84 Å². The summed E-state index contributed by atoms with van der Waals surface area (Å²) in [5, 5.41) is 18.6. The maximum atomic E-state index is 10.4. The molecule has 6 nitrogen and oxygen atoms in total. The number of hydrogen-bond acceptors (Lipinski definition) is 4. The van der Waals surface area contributed by atoms with Gasteiger partial charge in [0.25, 0.3) is 5.69 Å². The van der Waals surface area contributed by atoms with Crippen molar-refractivity contribution < 1.29 is 19.6 Å². The number of hydrogen-bond donors (Lipinski definition) is 1. The van der Waals surface area contributed by atoms with Crippen LogP contribution in [0.3, 0.4) is 0 Å². The van der Waals surface area contributed by atoms with Gasteiger partial charge in [0.1, 0.15) is 0 Å². The SMILES string of the molecule is O=C(O)OC(Cl)Cc1ccc([N+](=O)[O-])cc1. The van der Waals surface area contributed by atoms with E-state index in [1.165, 1.54) is 24.3 Å². The van der Waals surface area contributed by atoms with E-state index in [0.717, 1.165) is 0 Å². The number of non-ortho nitro benzene ring substituents is 1. The lowest BCUT2D eigenvalue weighted by Crippen LogP contribution is -2.12. The van der Waals surface area contributed by atoms with E-state index >= 15 is 0 Å². The first-order chi connectivity index (χ1) is 7.49. The molecule has 16 heavy (non-hydrogen) atoms. The Kier molecular flexibility index (Phi) is 4.07. The summed E-state index contributed by atoms with van der Waals surface area (Å²) in [5.74, 6) is 0. The van der Waals surface area contributed by atoms with Crippen LogP contribution >= 0.6 is 11.6 Å². The number of carboxylic acid groups (broad SMARTS) is 1. The van der Waals surface area contributed by atoms with Crippen molar-refractivity contribution in [3.05, 3.63) is 39.9 Å².